The molecule has 0 aromatic heterocycles. The maximum absolute atomic E-state index is 13.3. The Morgan fingerprint density at radius 2 is 1.64 bits per heavy atom. The summed E-state index contributed by atoms with van der Waals surface area (Å²) in [6.07, 6.45) is 0. The molecule has 0 heterocycles. The molecular weight excluding hydrogens is 445 g/mol. The van der Waals surface area contributed by atoms with E-state index < -0.39 is 40.2 Å². The van der Waals surface area contributed by atoms with Crippen molar-refractivity contribution in [3.8, 4) is 0 Å². The van der Waals surface area contributed by atoms with Crippen LogP contribution in [0.15, 0.2) is 71.6 Å². The van der Waals surface area contributed by atoms with E-state index in [0.29, 0.717) is 5.56 Å². The summed E-state index contributed by atoms with van der Waals surface area (Å²) in [4.78, 5) is 26.7. The van der Waals surface area contributed by atoms with Crippen molar-refractivity contribution in [1.29, 1.82) is 0 Å². The fourth-order valence-electron chi connectivity index (χ4n) is 3.45. The summed E-state index contributed by atoms with van der Waals surface area (Å²) in [7, 11) is -1.18. The average molecular weight is 472 g/mol. The molecule has 0 radical (unpaired) electrons. The van der Waals surface area contributed by atoms with Gasteiger partial charge >= 0.3 is 0 Å². The molecule has 0 fully saturated rings. The van der Waals surface area contributed by atoms with E-state index in [-0.39, 0.29) is 11.4 Å². The van der Waals surface area contributed by atoms with E-state index in [0.717, 1.165) is 15.1 Å². The summed E-state index contributed by atoms with van der Waals surface area (Å²) < 4.78 is 40.5. The molecule has 0 saturated heterocycles. The minimum Gasteiger partial charge on any atom is -0.357 e. The molecular formula is C24H26FN3O4S. The third-order valence-electron chi connectivity index (χ3n) is 5.47. The van der Waals surface area contributed by atoms with E-state index in [1.165, 1.54) is 49.3 Å². The number of sulfonamides is 1. The molecule has 0 aliphatic rings. The van der Waals surface area contributed by atoms with Crippen LogP contribution in [-0.2, 0) is 26.2 Å². The fraction of sp³-hybridized carbons (Fsp3) is 0.250. The van der Waals surface area contributed by atoms with Crippen molar-refractivity contribution in [3.05, 3.63) is 78.1 Å². The van der Waals surface area contributed by atoms with Crippen LogP contribution in [-0.4, -0.2) is 56.1 Å². The number of likely N-dealkylation sites (N-methyl/N-ethyl adjacent to an activating group) is 2. The fourth-order valence-corrected chi connectivity index (χ4v) is 4.61. The van der Waals surface area contributed by atoms with Crippen LogP contribution < -0.4 is 5.32 Å². The monoisotopic (exact) mass is 471 g/mol. The number of fused-ring (bicyclic) bond motifs is 1. The number of halogens is 1. The van der Waals surface area contributed by atoms with E-state index in [1.807, 2.05) is 24.3 Å². The van der Waals surface area contributed by atoms with Gasteiger partial charge in [0.05, 0.1) is 11.4 Å². The van der Waals surface area contributed by atoms with Gasteiger partial charge in [-0.05, 0) is 47.5 Å². The van der Waals surface area contributed by atoms with E-state index in [4.69, 9.17) is 0 Å². The van der Waals surface area contributed by atoms with Crippen LogP contribution in [0.5, 0.6) is 0 Å². The lowest BCUT2D eigenvalue weighted by Crippen LogP contribution is -2.50. The van der Waals surface area contributed by atoms with Gasteiger partial charge in [-0.1, -0.05) is 42.5 Å². The Hall–Kier alpha value is -3.30. The van der Waals surface area contributed by atoms with Crippen molar-refractivity contribution in [3.63, 3.8) is 0 Å². The Labute approximate surface area is 192 Å². The van der Waals surface area contributed by atoms with Crippen molar-refractivity contribution in [2.24, 2.45) is 0 Å². The topological polar surface area (TPSA) is 86.8 Å². The van der Waals surface area contributed by atoms with Crippen molar-refractivity contribution >= 4 is 32.6 Å². The molecule has 1 atom stereocenters. The van der Waals surface area contributed by atoms with Crippen LogP contribution in [0.25, 0.3) is 10.8 Å². The smallest absolute Gasteiger partial charge is 0.243 e. The zero-order chi connectivity index (χ0) is 24.2. The number of amides is 2. The third kappa shape index (κ3) is 5.55. The Bertz CT molecular complexity index is 1260. The van der Waals surface area contributed by atoms with Gasteiger partial charge in [-0.2, -0.15) is 4.31 Å². The molecule has 0 saturated carbocycles. The SMILES string of the molecule is CNC(=O)[C@@H](C)N(Cc1ccc(F)cc1)C(=O)CN(C)S(=O)(=O)c1ccc2ccccc2c1. The molecule has 2 amide bonds. The predicted molar refractivity (Wildman–Crippen MR) is 124 cm³/mol. The lowest BCUT2D eigenvalue weighted by molar-refractivity contribution is -0.140. The van der Waals surface area contributed by atoms with E-state index in [1.54, 1.807) is 19.1 Å². The number of carbonyl (C=O) groups excluding carboxylic acids is 2. The van der Waals surface area contributed by atoms with E-state index >= 15 is 0 Å². The first-order chi connectivity index (χ1) is 15.6. The Kier molecular flexibility index (Phi) is 7.45. The number of carbonyl (C=O) groups is 2. The number of nitrogens with one attached hydrogen (secondary N) is 1. The summed E-state index contributed by atoms with van der Waals surface area (Å²) in [6, 6.07) is 16.9. The summed E-state index contributed by atoms with van der Waals surface area (Å²) in [5.41, 5.74) is 0.612. The largest absolute Gasteiger partial charge is 0.357 e. The molecule has 3 rings (SSSR count). The first-order valence-electron chi connectivity index (χ1n) is 10.3. The molecule has 3 aromatic carbocycles. The molecule has 33 heavy (non-hydrogen) atoms. The minimum atomic E-state index is -3.95. The van der Waals surface area contributed by atoms with E-state index in [2.05, 4.69) is 5.32 Å². The maximum Gasteiger partial charge on any atom is 0.243 e. The number of nitrogens with zero attached hydrogens (tertiary/aromatic N) is 2. The molecule has 0 unspecified atom stereocenters. The summed E-state index contributed by atoms with van der Waals surface area (Å²) in [6.45, 7) is 1.12. The first-order valence-corrected chi connectivity index (χ1v) is 11.8. The lowest BCUT2D eigenvalue weighted by Gasteiger charge is -2.30. The van der Waals surface area contributed by atoms with Crippen LogP contribution in [0.2, 0.25) is 0 Å². The second-order valence-corrected chi connectivity index (χ2v) is 9.75. The number of rotatable bonds is 8. The van der Waals surface area contributed by atoms with Gasteiger partial charge in [0, 0.05) is 20.6 Å². The molecule has 0 bridgehead atoms. The van der Waals surface area contributed by atoms with Crippen LogP contribution in [0.4, 0.5) is 4.39 Å². The van der Waals surface area contributed by atoms with Gasteiger partial charge < -0.3 is 10.2 Å². The van der Waals surface area contributed by atoms with E-state index in [9.17, 15) is 22.4 Å². The highest BCUT2D eigenvalue weighted by Gasteiger charge is 2.30. The van der Waals surface area contributed by atoms with Crippen molar-refractivity contribution in [1.82, 2.24) is 14.5 Å². The molecule has 9 heteroatoms. The number of hydrogen-bond donors (Lipinski definition) is 1. The van der Waals surface area contributed by atoms with Crippen LogP contribution >= 0.6 is 0 Å². The molecule has 0 aliphatic heterocycles. The standard InChI is InChI=1S/C24H26FN3O4S/c1-17(24(30)26-2)28(15-18-8-11-21(25)12-9-18)23(29)16-27(3)33(31,32)22-13-10-19-6-4-5-7-20(19)14-22/h4-14,17H,15-16H2,1-3H3,(H,26,30)/t17-/m1/s1. The van der Waals surface area contributed by atoms with Crippen molar-refractivity contribution in [2.45, 2.75) is 24.4 Å². The highest BCUT2D eigenvalue weighted by atomic mass is 32.2. The molecule has 3 aromatic rings. The average Bonchev–Trinajstić information content (AvgIpc) is 2.82. The van der Waals surface area contributed by atoms with Gasteiger partial charge in [-0.3, -0.25) is 9.59 Å². The molecule has 0 spiro atoms. The Morgan fingerprint density at radius 3 is 2.27 bits per heavy atom. The summed E-state index contributed by atoms with van der Waals surface area (Å²) >= 11 is 0. The zero-order valence-corrected chi connectivity index (χ0v) is 19.5. The van der Waals surface area contributed by atoms with Crippen LogP contribution in [0.1, 0.15) is 12.5 Å². The predicted octanol–water partition coefficient (Wildman–Crippen LogP) is 2.76. The minimum absolute atomic E-state index is 0.0254. The highest BCUT2D eigenvalue weighted by Crippen LogP contribution is 2.21. The first kappa shape index (κ1) is 24.3. The van der Waals surface area contributed by atoms with Crippen LogP contribution in [0, 0.1) is 5.82 Å². The second-order valence-electron chi connectivity index (χ2n) is 7.71. The Morgan fingerprint density at radius 1 is 1.00 bits per heavy atom. The van der Waals surface area contributed by atoms with Gasteiger partial charge in [0.15, 0.2) is 0 Å². The van der Waals surface area contributed by atoms with Gasteiger partial charge in [-0.25, -0.2) is 12.8 Å². The normalized spacial score (nSPS) is 12.5. The quantitative estimate of drug-likeness (QED) is 0.547. The van der Waals surface area contributed by atoms with Crippen molar-refractivity contribution < 1.29 is 22.4 Å². The number of hydrogen-bond acceptors (Lipinski definition) is 4. The van der Waals surface area contributed by atoms with Gasteiger partial charge in [0.25, 0.3) is 0 Å². The van der Waals surface area contributed by atoms with Crippen molar-refractivity contribution in [2.75, 3.05) is 20.6 Å². The molecule has 174 valence electrons. The Balaban J connectivity index is 1.84. The summed E-state index contributed by atoms with van der Waals surface area (Å²) in [5.74, 6) is -1.37. The second kappa shape index (κ2) is 10.1. The van der Waals surface area contributed by atoms with Gasteiger partial charge in [0.2, 0.25) is 21.8 Å². The lowest BCUT2D eigenvalue weighted by atomic mass is 10.1. The maximum atomic E-state index is 13.3. The van der Waals surface area contributed by atoms with Crippen LogP contribution in [0.3, 0.4) is 0 Å². The zero-order valence-electron chi connectivity index (χ0n) is 18.7. The molecule has 7 nitrogen and oxygen atoms in total. The number of benzene rings is 3. The molecule has 1 N–H and O–H groups in total. The third-order valence-corrected chi connectivity index (χ3v) is 7.27. The van der Waals surface area contributed by atoms with Gasteiger partial charge in [0.1, 0.15) is 11.9 Å². The summed E-state index contributed by atoms with van der Waals surface area (Å²) in [5, 5.41) is 4.17. The van der Waals surface area contributed by atoms with Gasteiger partial charge in [-0.15, -0.1) is 0 Å². The molecule has 0 aliphatic carbocycles. The highest BCUT2D eigenvalue weighted by molar-refractivity contribution is 7.89.